The van der Waals surface area contributed by atoms with Gasteiger partial charge >= 0.3 is 0 Å². The third-order valence-corrected chi connectivity index (χ3v) is 6.90. The summed E-state index contributed by atoms with van der Waals surface area (Å²) >= 11 is 0. The molecule has 0 spiro atoms. The Morgan fingerprint density at radius 1 is 1.12 bits per heavy atom. The van der Waals surface area contributed by atoms with E-state index in [2.05, 4.69) is 0 Å². The fourth-order valence-corrected chi connectivity index (χ4v) is 5.34. The number of carbonyl (C=O) groups is 2. The molecule has 0 radical (unpaired) electrons. The molecule has 1 aliphatic carbocycles. The van der Waals surface area contributed by atoms with Crippen molar-refractivity contribution in [1.29, 1.82) is 0 Å². The van der Waals surface area contributed by atoms with Crippen LogP contribution in [-0.4, -0.2) is 41.0 Å². The number of carbonyl (C=O) groups excluding carboxylic acids is 2. The number of Topliss-reactive ketones (excluding diaryl/α,β-unsaturated/α-hetero) is 1. The molecule has 5 rings (SSSR count). The Hall–Kier alpha value is -3.28. The van der Waals surface area contributed by atoms with Crippen molar-refractivity contribution in [3.8, 4) is 11.5 Å². The van der Waals surface area contributed by atoms with Crippen molar-refractivity contribution in [1.82, 2.24) is 4.90 Å². The molecule has 1 saturated heterocycles. The highest BCUT2D eigenvalue weighted by molar-refractivity contribution is 6.46. The van der Waals surface area contributed by atoms with Gasteiger partial charge in [-0.05, 0) is 61.2 Å². The second-order valence-corrected chi connectivity index (χ2v) is 8.92. The van der Waals surface area contributed by atoms with Crippen LogP contribution >= 0.6 is 0 Å². The van der Waals surface area contributed by atoms with Gasteiger partial charge < -0.3 is 19.5 Å². The SMILES string of the molecule is CCOc1cccc(C2/C(=C(/O)c3ccc4c(c3)CCO4)C(=O)C(=O)N2C2CCCCC2)c1. The predicted octanol–water partition coefficient (Wildman–Crippen LogP) is 4.77. The first-order valence-electron chi connectivity index (χ1n) is 11.9. The van der Waals surface area contributed by atoms with Crippen LogP contribution in [0, 0.1) is 0 Å². The minimum atomic E-state index is -0.641. The molecule has 2 aliphatic heterocycles. The summed E-state index contributed by atoms with van der Waals surface area (Å²) in [4.78, 5) is 28.4. The summed E-state index contributed by atoms with van der Waals surface area (Å²) in [6, 6.07) is 12.3. The molecule has 1 amide bonds. The molecule has 6 nitrogen and oxygen atoms in total. The van der Waals surface area contributed by atoms with Gasteiger partial charge in [0.15, 0.2) is 0 Å². The van der Waals surface area contributed by atoms with Crippen LogP contribution in [-0.2, 0) is 16.0 Å². The van der Waals surface area contributed by atoms with Crippen LogP contribution < -0.4 is 9.47 Å². The van der Waals surface area contributed by atoms with Gasteiger partial charge in [0.1, 0.15) is 17.3 Å². The van der Waals surface area contributed by atoms with Gasteiger partial charge in [0.05, 0.1) is 24.8 Å². The number of nitrogens with zero attached hydrogens (tertiary/aromatic N) is 1. The van der Waals surface area contributed by atoms with Gasteiger partial charge in [-0.2, -0.15) is 0 Å². The third-order valence-electron chi connectivity index (χ3n) is 6.90. The summed E-state index contributed by atoms with van der Waals surface area (Å²) in [5, 5.41) is 11.4. The van der Waals surface area contributed by atoms with Crippen molar-refractivity contribution in [2.75, 3.05) is 13.2 Å². The minimum Gasteiger partial charge on any atom is -0.507 e. The number of ether oxygens (including phenoxy) is 2. The van der Waals surface area contributed by atoms with Gasteiger partial charge in [0, 0.05) is 18.0 Å². The van der Waals surface area contributed by atoms with E-state index in [1.807, 2.05) is 43.3 Å². The molecule has 0 bridgehead atoms. The summed E-state index contributed by atoms with van der Waals surface area (Å²) < 4.78 is 11.3. The average Bonchev–Trinajstić information content (AvgIpc) is 3.41. The van der Waals surface area contributed by atoms with E-state index in [0.29, 0.717) is 24.5 Å². The van der Waals surface area contributed by atoms with Crippen molar-refractivity contribution in [3.63, 3.8) is 0 Å². The molecule has 3 aliphatic rings. The lowest BCUT2D eigenvalue weighted by Crippen LogP contribution is -2.40. The molecule has 6 heteroatoms. The molecule has 2 aromatic carbocycles. The molecule has 1 N–H and O–H groups in total. The lowest BCUT2D eigenvalue weighted by molar-refractivity contribution is -0.141. The van der Waals surface area contributed by atoms with Crippen molar-refractivity contribution in [2.24, 2.45) is 0 Å². The standard InChI is InChI=1S/C27H29NO5/c1-2-32-21-10-6-7-18(16-21)24-23(25(29)19-11-12-22-17(15-19)13-14-33-22)26(30)27(31)28(24)20-8-4-3-5-9-20/h6-7,10-12,15-16,20,24,29H,2-5,8-9,13-14H2,1H3/b25-23-. The largest absolute Gasteiger partial charge is 0.507 e. The molecule has 2 aromatic rings. The Balaban J connectivity index is 1.64. The lowest BCUT2D eigenvalue weighted by atomic mass is 9.90. The van der Waals surface area contributed by atoms with Crippen molar-refractivity contribution in [2.45, 2.75) is 57.5 Å². The molecule has 33 heavy (non-hydrogen) atoms. The van der Waals surface area contributed by atoms with Crippen molar-refractivity contribution < 1.29 is 24.2 Å². The van der Waals surface area contributed by atoms with E-state index in [-0.39, 0.29) is 17.4 Å². The molecule has 1 atom stereocenters. The summed E-state index contributed by atoms with van der Waals surface area (Å²) in [5.41, 5.74) is 2.46. The van der Waals surface area contributed by atoms with Gasteiger partial charge in [-0.3, -0.25) is 9.59 Å². The number of hydrogen-bond donors (Lipinski definition) is 1. The number of likely N-dealkylation sites (tertiary alicyclic amines) is 1. The molecule has 2 fully saturated rings. The van der Waals surface area contributed by atoms with Gasteiger partial charge in [0.2, 0.25) is 0 Å². The van der Waals surface area contributed by atoms with Crippen LogP contribution in [0.25, 0.3) is 5.76 Å². The van der Waals surface area contributed by atoms with E-state index >= 15 is 0 Å². The Morgan fingerprint density at radius 3 is 2.73 bits per heavy atom. The smallest absolute Gasteiger partial charge is 0.295 e. The molecular weight excluding hydrogens is 418 g/mol. The summed E-state index contributed by atoms with van der Waals surface area (Å²) in [6.45, 7) is 3.04. The first-order valence-corrected chi connectivity index (χ1v) is 11.9. The molecule has 1 unspecified atom stereocenters. The number of hydrogen-bond acceptors (Lipinski definition) is 5. The van der Waals surface area contributed by atoms with E-state index in [1.54, 1.807) is 11.0 Å². The quantitative estimate of drug-likeness (QED) is 0.406. The van der Waals surface area contributed by atoms with Crippen LogP contribution in [0.5, 0.6) is 11.5 Å². The topological polar surface area (TPSA) is 76.1 Å². The number of benzene rings is 2. The third kappa shape index (κ3) is 3.88. The summed E-state index contributed by atoms with van der Waals surface area (Å²) in [6.07, 6.45) is 5.69. The molecular formula is C27H29NO5. The molecule has 1 saturated carbocycles. The highest BCUT2D eigenvalue weighted by Gasteiger charge is 2.49. The number of rotatable bonds is 5. The number of amides is 1. The van der Waals surface area contributed by atoms with Crippen LogP contribution in [0.15, 0.2) is 48.0 Å². The maximum absolute atomic E-state index is 13.3. The van der Waals surface area contributed by atoms with Gasteiger partial charge in [-0.15, -0.1) is 0 Å². The number of aliphatic hydroxyl groups excluding tert-OH is 1. The van der Waals surface area contributed by atoms with Crippen molar-refractivity contribution >= 4 is 17.4 Å². The highest BCUT2D eigenvalue weighted by atomic mass is 16.5. The Bertz CT molecular complexity index is 1120. The summed E-state index contributed by atoms with van der Waals surface area (Å²) in [5.74, 6) is 0.198. The fourth-order valence-electron chi connectivity index (χ4n) is 5.34. The monoisotopic (exact) mass is 447 g/mol. The Morgan fingerprint density at radius 2 is 1.94 bits per heavy atom. The van der Waals surface area contributed by atoms with Crippen molar-refractivity contribution in [3.05, 3.63) is 64.7 Å². The van der Waals surface area contributed by atoms with Crippen LogP contribution in [0.3, 0.4) is 0 Å². The van der Waals surface area contributed by atoms with Gasteiger partial charge in [-0.1, -0.05) is 31.4 Å². The average molecular weight is 448 g/mol. The first-order chi connectivity index (χ1) is 16.1. The van der Waals surface area contributed by atoms with E-state index in [4.69, 9.17) is 9.47 Å². The van der Waals surface area contributed by atoms with Gasteiger partial charge in [-0.25, -0.2) is 0 Å². The Labute approximate surface area is 193 Å². The maximum Gasteiger partial charge on any atom is 0.295 e. The minimum absolute atomic E-state index is 0.0188. The van der Waals surface area contributed by atoms with Crippen LogP contribution in [0.2, 0.25) is 0 Å². The number of fused-ring (bicyclic) bond motifs is 1. The first kappa shape index (κ1) is 21.6. The number of ketones is 1. The molecule has 172 valence electrons. The highest BCUT2D eigenvalue weighted by Crippen LogP contribution is 2.44. The fraction of sp³-hybridized carbons (Fsp3) is 0.407. The zero-order valence-corrected chi connectivity index (χ0v) is 18.9. The molecule has 2 heterocycles. The van der Waals surface area contributed by atoms with E-state index in [0.717, 1.165) is 55.4 Å². The second kappa shape index (κ2) is 8.93. The maximum atomic E-state index is 13.3. The predicted molar refractivity (Wildman–Crippen MR) is 124 cm³/mol. The van der Waals surface area contributed by atoms with Crippen LogP contribution in [0.4, 0.5) is 0 Å². The Kier molecular flexibility index (Phi) is 5.83. The van der Waals surface area contributed by atoms with E-state index < -0.39 is 17.7 Å². The lowest BCUT2D eigenvalue weighted by Gasteiger charge is -2.35. The second-order valence-electron chi connectivity index (χ2n) is 8.92. The number of aliphatic hydroxyl groups is 1. The molecule has 0 aromatic heterocycles. The zero-order chi connectivity index (χ0) is 22.9. The summed E-state index contributed by atoms with van der Waals surface area (Å²) in [7, 11) is 0. The van der Waals surface area contributed by atoms with E-state index in [1.165, 1.54) is 0 Å². The van der Waals surface area contributed by atoms with E-state index in [9.17, 15) is 14.7 Å². The van der Waals surface area contributed by atoms with Crippen LogP contribution in [0.1, 0.15) is 61.8 Å². The van der Waals surface area contributed by atoms with Gasteiger partial charge in [0.25, 0.3) is 11.7 Å². The normalized spacial score (nSPS) is 22.3. The zero-order valence-electron chi connectivity index (χ0n) is 18.9.